The standard InChI is InChI=1S/C8H8ClF2NO/c9-3-6-1-5(8(10)11)2-7(4-13)12-6/h1-2,8,13H,3-4H2. The Morgan fingerprint density at radius 3 is 2.46 bits per heavy atom. The molecule has 0 fully saturated rings. The molecule has 0 aliphatic rings. The van der Waals surface area contributed by atoms with Gasteiger partial charge in [0.05, 0.1) is 23.9 Å². The van der Waals surface area contributed by atoms with E-state index in [0.29, 0.717) is 5.69 Å². The molecule has 0 radical (unpaired) electrons. The Morgan fingerprint density at radius 2 is 2.00 bits per heavy atom. The number of pyridine rings is 1. The Balaban J connectivity index is 3.07. The predicted molar refractivity (Wildman–Crippen MR) is 44.7 cm³/mol. The maximum absolute atomic E-state index is 12.2. The van der Waals surface area contributed by atoms with Crippen LogP contribution in [0.15, 0.2) is 12.1 Å². The number of aliphatic hydroxyl groups is 1. The van der Waals surface area contributed by atoms with Crippen LogP contribution in [0.2, 0.25) is 0 Å². The summed E-state index contributed by atoms with van der Waals surface area (Å²) < 4.78 is 24.5. The number of halogens is 3. The van der Waals surface area contributed by atoms with Crippen LogP contribution in [0.1, 0.15) is 23.4 Å². The van der Waals surface area contributed by atoms with Crippen molar-refractivity contribution in [3.05, 3.63) is 29.1 Å². The molecule has 1 N–H and O–H groups in total. The first-order chi connectivity index (χ1) is 6.17. The van der Waals surface area contributed by atoms with E-state index < -0.39 is 6.43 Å². The van der Waals surface area contributed by atoms with Crippen molar-refractivity contribution in [3.8, 4) is 0 Å². The summed E-state index contributed by atoms with van der Waals surface area (Å²) in [7, 11) is 0. The van der Waals surface area contributed by atoms with Crippen molar-refractivity contribution in [3.63, 3.8) is 0 Å². The number of hydrogen-bond donors (Lipinski definition) is 1. The monoisotopic (exact) mass is 207 g/mol. The van der Waals surface area contributed by atoms with Crippen LogP contribution in [-0.2, 0) is 12.5 Å². The van der Waals surface area contributed by atoms with Crippen LogP contribution in [0, 0.1) is 0 Å². The highest BCUT2D eigenvalue weighted by Crippen LogP contribution is 2.20. The van der Waals surface area contributed by atoms with Crippen molar-refractivity contribution < 1.29 is 13.9 Å². The molecule has 1 aromatic rings. The third-order valence-electron chi connectivity index (χ3n) is 1.50. The van der Waals surface area contributed by atoms with Gasteiger partial charge in [-0.05, 0) is 12.1 Å². The summed E-state index contributed by atoms with van der Waals surface area (Å²) >= 11 is 5.44. The molecule has 0 unspecified atom stereocenters. The molecule has 0 saturated carbocycles. The molecule has 0 aliphatic carbocycles. The summed E-state index contributed by atoms with van der Waals surface area (Å²) in [6.45, 7) is -0.357. The zero-order chi connectivity index (χ0) is 9.84. The van der Waals surface area contributed by atoms with Gasteiger partial charge in [-0.1, -0.05) is 0 Å². The lowest BCUT2D eigenvalue weighted by molar-refractivity contribution is 0.150. The molecule has 0 aliphatic heterocycles. The number of hydrogen-bond acceptors (Lipinski definition) is 2. The summed E-state index contributed by atoms with van der Waals surface area (Å²) in [5.74, 6) is 0.0631. The van der Waals surface area contributed by atoms with Gasteiger partial charge in [0.2, 0.25) is 0 Å². The average Bonchev–Trinajstić information content (AvgIpc) is 2.16. The van der Waals surface area contributed by atoms with Crippen molar-refractivity contribution in [1.82, 2.24) is 4.98 Å². The molecule has 72 valence electrons. The minimum atomic E-state index is -2.56. The van der Waals surface area contributed by atoms with Gasteiger partial charge in [-0.3, -0.25) is 4.98 Å². The molecule has 1 heterocycles. The minimum Gasteiger partial charge on any atom is -0.390 e. The number of aromatic nitrogens is 1. The first-order valence-electron chi connectivity index (χ1n) is 3.62. The van der Waals surface area contributed by atoms with Crippen LogP contribution in [-0.4, -0.2) is 10.1 Å². The van der Waals surface area contributed by atoms with E-state index in [1.807, 2.05) is 0 Å². The van der Waals surface area contributed by atoms with Crippen molar-refractivity contribution in [2.45, 2.75) is 18.9 Å². The van der Waals surface area contributed by atoms with Gasteiger partial charge in [-0.15, -0.1) is 11.6 Å². The first-order valence-corrected chi connectivity index (χ1v) is 4.15. The SMILES string of the molecule is OCc1cc(C(F)F)cc(CCl)n1. The highest BCUT2D eigenvalue weighted by molar-refractivity contribution is 6.16. The number of alkyl halides is 3. The molecule has 0 spiro atoms. The van der Waals surface area contributed by atoms with E-state index in [1.165, 1.54) is 12.1 Å². The van der Waals surface area contributed by atoms with E-state index in [2.05, 4.69) is 4.98 Å². The summed E-state index contributed by atoms with van der Waals surface area (Å²) in [6.07, 6.45) is -2.56. The van der Waals surface area contributed by atoms with Crippen molar-refractivity contribution in [2.24, 2.45) is 0 Å². The molecule has 1 rings (SSSR count). The molecule has 5 heteroatoms. The van der Waals surface area contributed by atoms with Gasteiger partial charge in [0.1, 0.15) is 0 Å². The van der Waals surface area contributed by atoms with Gasteiger partial charge in [-0.25, -0.2) is 8.78 Å². The Bertz CT molecular complexity index is 271. The Kier molecular flexibility index (Phi) is 3.57. The zero-order valence-corrected chi connectivity index (χ0v) is 7.43. The van der Waals surface area contributed by atoms with Gasteiger partial charge in [-0.2, -0.15) is 0 Å². The fourth-order valence-electron chi connectivity index (χ4n) is 0.951. The third kappa shape index (κ3) is 2.60. The zero-order valence-electron chi connectivity index (χ0n) is 6.67. The molecule has 2 nitrogen and oxygen atoms in total. The van der Waals surface area contributed by atoms with Crippen LogP contribution in [0.25, 0.3) is 0 Å². The normalized spacial score (nSPS) is 10.8. The third-order valence-corrected chi connectivity index (χ3v) is 1.78. The second-order valence-corrected chi connectivity index (χ2v) is 2.74. The molecule has 0 amide bonds. The Labute approximate surface area is 79.2 Å². The molecule has 0 atom stereocenters. The van der Waals surface area contributed by atoms with Crippen molar-refractivity contribution in [2.75, 3.05) is 0 Å². The maximum atomic E-state index is 12.2. The number of nitrogens with zero attached hydrogens (tertiary/aromatic N) is 1. The van der Waals surface area contributed by atoms with Crippen LogP contribution < -0.4 is 0 Å². The Morgan fingerprint density at radius 1 is 1.38 bits per heavy atom. The lowest BCUT2D eigenvalue weighted by atomic mass is 10.2. The molecule has 0 saturated heterocycles. The second-order valence-electron chi connectivity index (χ2n) is 2.48. The summed E-state index contributed by atoms with van der Waals surface area (Å²) in [5.41, 5.74) is 0.409. The van der Waals surface area contributed by atoms with Gasteiger partial charge in [0.15, 0.2) is 0 Å². The smallest absolute Gasteiger partial charge is 0.263 e. The highest BCUT2D eigenvalue weighted by Gasteiger charge is 2.10. The summed E-state index contributed by atoms with van der Waals surface area (Å²) in [5, 5.41) is 8.71. The highest BCUT2D eigenvalue weighted by atomic mass is 35.5. The first kappa shape index (κ1) is 10.3. The van der Waals surface area contributed by atoms with Gasteiger partial charge in [0.25, 0.3) is 6.43 Å². The Hall–Kier alpha value is -0.740. The lowest BCUT2D eigenvalue weighted by Gasteiger charge is -2.04. The lowest BCUT2D eigenvalue weighted by Crippen LogP contribution is -1.97. The van der Waals surface area contributed by atoms with Crippen LogP contribution in [0.4, 0.5) is 8.78 Å². The van der Waals surface area contributed by atoms with Gasteiger partial charge < -0.3 is 5.11 Å². The largest absolute Gasteiger partial charge is 0.390 e. The molecule has 0 aromatic carbocycles. The summed E-state index contributed by atoms with van der Waals surface area (Å²) in [6, 6.07) is 2.40. The summed E-state index contributed by atoms with van der Waals surface area (Å²) in [4.78, 5) is 3.84. The van der Waals surface area contributed by atoms with E-state index in [9.17, 15) is 8.78 Å². The van der Waals surface area contributed by atoms with Crippen LogP contribution >= 0.6 is 11.6 Å². The van der Waals surface area contributed by atoms with E-state index >= 15 is 0 Å². The average molecular weight is 208 g/mol. The molecular formula is C8H8ClF2NO. The van der Waals surface area contributed by atoms with Crippen molar-refractivity contribution in [1.29, 1.82) is 0 Å². The molecular weight excluding hydrogens is 200 g/mol. The fraction of sp³-hybridized carbons (Fsp3) is 0.375. The predicted octanol–water partition coefficient (Wildman–Crippen LogP) is 2.25. The number of rotatable bonds is 3. The second kappa shape index (κ2) is 4.48. The molecule has 13 heavy (non-hydrogen) atoms. The van der Waals surface area contributed by atoms with Gasteiger partial charge in [0, 0.05) is 5.56 Å². The van der Waals surface area contributed by atoms with Crippen LogP contribution in [0.5, 0.6) is 0 Å². The number of aliphatic hydroxyl groups excluding tert-OH is 1. The fourth-order valence-corrected chi connectivity index (χ4v) is 1.09. The van der Waals surface area contributed by atoms with E-state index in [-0.39, 0.29) is 23.7 Å². The van der Waals surface area contributed by atoms with Gasteiger partial charge >= 0.3 is 0 Å². The molecule has 0 bridgehead atoms. The maximum Gasteiger partial charge on any atom is 0.263 e. The van der Waals surface area contributed by atoms with Crippen LogP contribution in [0.3, 0.4) is 0 Å². The van der Waals surface area contributed by atoms with E-state index in [0.717, 1.165) is 0 Å². The molecule has 1 aromatic heterocycles. The van der Waals surface area contributed by atoms with E-state index in [4.69, 9.17) is 16.7 Å². The minimum absolute atomic E-state index is 0.0631. The van der Waals surface area contributed by atoms with E-state index in [1.54, 1.807) is 0 Å². The topological polar surface area (TPSA) is 33.1 Å². The quantitative estimate of drug-likeness (QED) is 0.772. The van der Waals surface area contributed by atoms with Crippen molar-refractivity contribution >= 4 is 11.6 Å².